The molecule has 1 amide bonds. The lowest BCUT2D eigenvalue weighted by Gasteiger charge is -2.38. The molecule has 1 fully saturated rings. The smallest absolute Gasteiger partial charge is 0.266 e. The van der Waals surface area contributed by atoms with Crippen LogP contribution in [0.15, 0.2) is 54.9 Å². The van der Waals surface area contributed by atoms with Crippen LogP contribution in [0.25, 0.3) is 16.9 Å². The number of nitrogens with zero attached hydrogens (tertiary/aromatic N) is 7. The van der Waals surface area contributed by atoms with Gasteiger partial charge in [0.15, 0.2) is 22.6 Å². The first-order valence-corrected chi connectivity index (χ1v) is 11.9. The monoisotopic (exact) mass is 507 g/mol. The van der Waals surface area contributed by atoms with Crippen molar-refractivity contribution < 1.29 is 14.3 Å². The van der Waals surface area contributed by atoms with Crippen LogP contribution in [0.1, 0.15) is 13.8 Å². The highest BCUT2D eigenvalue weighted by Gasteiger charge is 2.36. The zero-order valence-corrected chi connectivity index (χ0v) is 21.0. The van der Waals surface area contributed by atoms with Gasteiger partial charge in [-0.3, -0.25) is 4.79 Å². The molecule has 10 nitrogen and oxygen atoms in total. The Bertz CT molecular complexity index is 1380. The topological polar surface area (TPSA) is 98.5 Å². The van der Waals surface area contributed by atoms with Crippen LogP contribution in [0.4, 0.5) is 5.82 Å². The number of piperazine rings is 1. The Morgan fingerprint density at radius 3 is 2.47 bits per heavy atom. The van der Waals surface area contributed by atoms with E-state index in [1.54, 1.807) is 49.9 Å². The van der Waals surface area contributed by atoms with E-state index in [9.17, 15) is 4.79 Å². The van der Waals surface area contributed by atoms with Crippen LogP contribution in [0, 0.1) is 0 Å². The highest BCUT2D eigenvalue weighted by atomic mass is 35.5. The minimum absolute atomic E-state index is 0.0751. The maximum absolute atomic E-state index is 13.3. The van der Waals surface area contributed by atoms with Crippen molar-refractivity contribution in [2.24, 2.45) is 0 Å². The molecule has 0 spiro atoms. The third-order valence-corrected chi connectivity index (χ3v) is 6.34. The van der Waals surface area contributed by atoms with Crippen molar-refractivity contribution in [1.82, 2.24) is 29.9 Å². The van der Waals surface area contributed by atoms with Crippen LogP contribution in [0.3, 0.4) is 0 Å². The Morgan fingerprint density at radius 2 is 1.75 bits per heavy atom. The van der Waals surface area contributed by atoms with E-state index in [1.807, 2.05) is 29.2 Å². The summed E-state index contributed by atoms with van der Waals surface area (Å²) in [5, 5.41) is 9.29. The Hall–Kier alpha value is -3.92. The van der Waals surface area contributed by atoms with Crippen LogP contribution in [-0.2, 0) is 4.79 Å². The lowest BCUT2D eigenvalue weighted by molar-refractivity contribution is -0.145. The molecule has 0 bridgehead atoms. The van der Waals surface area contributed by atoms with Gasteiger partial charge in [-0.05, 0) is 50.2 Å². The number of halogens is 1. The van der Waals surface area contributed by atoms with Gasteiger partial charge in [0, 0.05) is 37.3 Å². The maximum Gasteiger partial charge on any atom is 0.266 e. The number of hydrogen-bond donors (Lipinski definition) is 0. The Labute approximate surface area is 213 Å². The van der Waals surface area contributed by atoms with Crippen molar-refractivity contribution in [2.75, 3.05) is 38.2 Å². The van der Waals surface area contributed by atoms with Gasteiger partial charge < -0.3 is 19.3 Å². The molecule has 0 radical (unpaired) electrons. The van der Waals surface area contributed by atoms with Crippen molar-refractivity contribution in [1.29, 1.82) is 0 Å². The Kier molecular flexibility index (Phi) is 6.36. The fourth-order valence-electron chi connectivity index (χ4n) is 4.23. The third-order valence-electron chi connectivity index (χ3n) is 6.08. The molecule has 3 heterocycles. The number of fused-ring (bicyclic) bond motifs is 1. The van der Waals surface area contributed by atoms with E-state index in [0.29, 0.717) is 59.7 Å². The predicted molar refractivity (Wildman–Crippen MR) is 136 cm³/mol. The van der Waals surface area contributed by atoms with Crippen molar-refractivity contribution in [3.63, 3.8) is 0 Å². The van der Waals surface area contributed by atoms with Gasteiger partial charge in [0.05, 0.1) is 12.8 Å². The zero-order chi connectivity index (χ0) is 25.3. The molecular weight excluding hydrogens is 482 g/mol. The summed E-state index contributed by atoms with van der Waals surface area (Å²) in [6, 6.07) is 14.5. The first-order valence-electron chi connectivity index (χ1n) is 11.6. The second-order valence-electron chi connectivity index (χ2n) is 8.92. The number of aromatic nitrogens is 5. The number of carbonyl (C=O) groups excluding carboxylic acids is 1. The summed E-state index contributed by atoms with van der Waals surface area (Å²) in [6.45, 7) is 5.81. The molecule has 186 valence electrons. The van der Waals surface area contributed by atoms with E-state index in [-0.39, 0.29) is 5.91 Å². The summed E-state index contributed by atoms with van der Waals surface area (Å²) in [5.74, 6) is 1.93. The van der Waals surface area contributed by atoms with Crippen LogP contribution in [-0.4, -0.2) is 74.7 Å². The number of amides is 1. The number of ether oxygens (including phenoxy) is 2. The number of methoxy groups -OCH3 is 1. The largest absolute Gasteiger partial charge is 0.497 e. The summed E-state index contributed by atoms with van der Waals surface area (Å²) in [4.78, 5) is 26.1. The van der Waals surface area contributed by atoms with Crippen LogP contribution < -0.4 is 14.4 Å². The van der Waals surface area contributed by atoms with Gasteiger partial charge in [-0.15, -0.1) is 5.10 Å². The zero-order valence-electron chi connectivity index (χ0n) is 20.3. The quantitative estimate of drug-likeness (QED) is 0.392. The molecule has 36 heavy (non-hydrogen) atoms. The standard InChI is InChI=1S/C25H26ClN7O3/c1-25(2,36-19-9-7-17(26)8-10-19)24(34)32-13-11-31(12-14-32)22-21-23(28-16-27-22)33(30-29-21)18-5-4-6-20(15-18)35-3/h4-10,15-16H,11-14H2,1-3H3. The normalized spacial score (nSPS) is 14.2. The van der Waals surface area contributed by atoms with Crippen molar-refractivity contribution in [3.8, 4) is 17.2 Å². The summed E-state index contributed by atoms with van der Waals surface area (Å²) in [5.41, 5.74) is 0.980. The summed E-state index contributed by atoms with van der Waals surface area (Å²) in [6.07, 6.45) is 1.51. The molecule has 5 rings (SSSR count). The Balaban J connectivity index is 1.30. The molecule has 0 aliphatic carbocycles. The highest BCUT2D eigenvalue weighted by molar-refractivity contribution is 6.30. The second-order valence-corrected chi connectivity index (χ2v) is 9.35. The number of hydrogen-bond acceptors (Lipinski definition) is 8. The molecule has 1 aliphatic rings. The SMILES string of the molecule is COc1cccc(-n2nnc3c(N4CCN(C(=O)C(C)(C)Oc5ccc(Cl)cc5)CC4)ncnc32)c1. The number of benzene rings is 2. The second kappa shape index (κ2) is 9.62. The molecule has 0 N–H and O–H groups in total. The van der Waals surface area contributed by atoms with Gasteiger partial charge in [-0.25, -0.2) is 9.97 Å². The van der Waals surface area contributed by atoms with Crippen molar-refractivity contribution in [3.05, 3.63) is 59.9 Å². The lowest BCUT2D eigenvalue weighted by Crippen LogP contribution is -2.56. The minimum Gasteiger partial charge on any atom is -0.497 e. The average Bonchev–Trinajstić information content (AvgIpc) is 3.34. The van der Waals surface area contributed by atoms with E-state index in [1.165, 1.54) is 6.33 Å². The first-order chi connectivity index (χ1) is 17.4. The predicted octanol–water partition coefficient (Wildman–Crippen LogP) is 3.38. The molecule has 1 aliphatic heterocycles. The average molecular weight is 508 g/mol. The van der Waals surface area contributed by atoms with Gasteiger partial charge in [0.2, 0.25) is 0 Å². The maximum atomic E-state index is 13.3. The van der Waals surface area contributed by atoms with Gasteiger partial charge in [-0.2, -0.15) is 4.68 Å². The van der Waals surface area contributed by atoms with E-state index in [0.717, 1.165) is 5.69 Å². The summed E-state index contributed by atoms with van der Waals surface area (Å²) in [7, 11) is 1.62. The fraction of sp³-hybridized carbons (Fsp3) is 0.320. The van der Waals surface area contributed by atoms with E-state index in [4.69, 9.17) is 21.1 Å². The van der Waals surface area contributed by atoms with Crippen LogP contribution in [0.2, 0.25) is 5.02 Å². The van der Waals surface area contributed by atoms with E-state index >= 15 is 0 Å². The van der Waals surface area contributed by atoms with Gasteiger partial charge >= 0.3 is 0 Å². The van der Waals surface area contributed by atoms with Crippen molar-refractivity contribution in [2.45, 2.75) is 19.4 Å². The number of anilines is 1. The molecule has 0 unspecified atom stereocenters. The minimum atomic E-state index is -1.02. The van der Waals surface area contributed by atoms with Gasteiger partial charge in [0.1, 0.15) is 17.8 Å². The van der Waals surface area contributed by atoms with Crippen molar-refractivity contribution >= 4 is 34.5 Å². The summed E-state index contributed by atoms with van der Waals surface area (Å²) >= 11 is 5.95. The molecule has 1 saturated heterocycles. The van der Waals surface area contributed by atoms with E-state index in [2.05, 4.69) is 25.2 Å². The molecule has 11 heteroatoms. The molecular formula is C25H26ClN7O3. The molecule has 2 aromatic heterocycles. The highest BCUT2D eigenvalue weighted by Crippen LogP contribution is 2.26. The third kappa shape index (κ3) is 4.64. The number of carbonyl (C=O) groups is 1. The van der Waals surface area contributed by atoms with E-state index < -0.39 is 5.60 Å². The number of rotatable bonds is 6. The molecule has 0 saturated carbocycles. The molecule has 2 aromatic carbocycles. The summed E-state index contributed by atoms with van der Waals surface area (Å²) < 4.78 is 13.0. The Morgan fingerprint density at radius 1 is 1.00 bits per heavy atom. The lowest BCUT2D eigenvalue weighted by atomic mass is 10.1. The van der Waals surface area contributed by atoms with Gasteiger partial charge in [0.25, 0.3) is 5.91 Å². The first kappa shape index (κ1) is 23.8. The van der Waals surface area contributed by atoms with Crippen LogP contribution >= 0.6 is 11.6 Å². The van der Waals surface area contributed by atoms with Gasteiger partial charge in [-0.1, -0.05) is 22.9 Å². The fourth-order valence-corrected chi connectivity index (χ4v) is 4.35. The molecule has 4 aromatic rings. The molecule has 0 atom stereocenters. The van der Waals surface area contributed by atoms with Crippen LogP contribution in [0.5, 0.6) is 11.5 Å².